The van der Waals surface area contributed by atoms with Crippen molar-refractivity contribution in [3.63, 3.8) is 0 Å². The maximum Gasteiger partial charge on any atom is 0.254 e. The number of halogens is 1. The maximum atomic E-state index is 13.4. The van der Waals surface area contributed by atoms with Gasteiger partial charge in [0.15, 0.2) is 0 Å². The minimum absolute atomic E-state index is 0.0567. The first-order valence-electron chi connectivity index (χ1n) is 12.1. The summed E-state index contributed by atoms with van der Waals surface area (Å²) in [6.07, 6.45) is 1.50. The molecule has 0 bridgehead atoms. The number of nitrogens with zero attached hydrogens (tertiary/aromatic N) is 1. The van der Waals surface area contributed by atoms with E-state index in [2.05, 4.69) is 22.0 Å². The first kappa shape index (κ1) is 26.2. The van der Waals surface area contributed by atoms with Crippen LogP contribution in [0.4, 0.5) is 11.4 Å². The van der Waals surface area contributed by atoms with E-state index >= 15 is 0 Å². The summed E-state index contributed by atoms with van der Waals surface area (Å²) in [4.78, 5) is 26.3. The molecule has 1 atom stereocenters. The van der Waals surface area contributed by atoms with Crippen molar-refractivity contribution in [2.24, 2.45) is 0 Å². The lowest BCUT2D eigenvalue weighted by molar-refractivity contribution is -0.114. The highest BCUT2D eigenvalue weighted by Crippen LogP contribution is 2.41. The minimum atomic E-state index is -0.748. The van der Waals surface area contributed by atoms with Crippen LogP contribution in [0.2, 0.25) is 5.02 Å². The third kappa shape index (κ3) is 5.70. The predicted octanol–water partition coefficient (Wildman–Crippen LogP) is 6.79. The fourth-order valence-corrected chi connectivity index (χ4v) is 5.48. The summed E-state index contributed by atoms with van der Waals surface area (Å²) in [6, 6.07) is 26.0. The van der Waals surface area contributed by atoms with Gasteiger partial charge in [-0.15, -0.1) is 0 Å². The van der Waals surface area contributed by atoms with Crippen LogP contribution in [0.3, 0.4) is 0 Å². The van der Waals surface area contributed by atoms with E-state index in [0.29, 0.717) is 38.3 Å². The Labute approximate surface area is 234 Å². The van der Waals surface area contributed by atoms with Gasteiger partial charge in [0.25, 0.3) is 5.91 Å². The van der Waals surface area contributed by atoms with Gasteiger partial charge < -0.3 is 20.4 Å². The molecule has 2 amide bonds. The third-order valence-electron chi connectivity index (χ3n) is 6.23. The molecule has 0 aliphatic carbocycles. The topological polar surface area (TPSA) is 107 Å². The van der Waals surface area contributed by atoms with Crippen molar-refractivity contribution in [2.75, 3.05) is 16.4 Å². The number of hydrogen-bond donors (Lipinski definition) is 3. The molecule has 194 valence electrons. The van der Waals surface area contributed by atoms with Crippen LogP contribution in [0.15, 0.2) is 111 Å². The quantitative estimate of drug-likeness (QED) is 0.232. The van der Waals surface area contributed by atoms with Gasteiger partial charge in [-0.25, -0.2) is 0 Å². The highest BCUT2D eigenvalue weighted by molar-refractivity contribution is 8.03. The summed E-state index contributed by atoms with van der Waals surface area (Å²) in [7, 11) is 0. The van der Waals surface area contributed by atoms with E-state index in [1.165, 1.54) is 18.0 Å². The van der Waals surface area contributed by atoms with Crippen LogP contribution < -0.4 is 16.0 Å². The molecule has 0 spiro atoms. The molecule has 1 aliphatic heterocycles. The molecule has 1 aromatic heterocycles. The second-order valence-electron chi connectivity index (χ2n) is 8.79. The normalized spacial score (nSPS) is 15.1. The van der Waals surface area contributed by atoms with Gasteiger partial charge in [0.1, 0.15) is 5.76 Å². The summed E-state index contributed by atoms with van der Waals surface area (Å²) >= 11 is 7.17. The molecular weight excluding hydrogens is 532 g/mol. The van der Waals surface area contributed by atoms with Gasteiger partial charge in [0.2, 0.25) is 5.91 Å². The molecule has 0 unspecified atom stereocenters. The van der Waals surface area contributed by atoms with E-state index in [9.17, 15) is 14.9 Å². The Hall–Kier alpha value is -4.45. The van der Waals surface area contributed by atoms with E-state index in [0.717, 1.165) is 16.5 Å². The van der Waals surface area contributed by atoms with Gasteiger partial charge in [-0.3, -0.25) is 9.59 Å². The second kappa shape index (κ2) is 11.5. The molecule has 4 aromatic rings. The van der Waals surface area contributed by atoms with Crippen LogP contribution in [-0.2, 0) is 9.59 Å². The summed E-state index contributed by atoms with van der Waals surface area (Å²) in [5.41, 5.74) is 2.48. The molecule has 0 saturated carbocycles. The number of carbonyl (C=O) groups excluding carboxylic acids is 2. The number of hydrogen-bond acceptors (Lipinski definition) is 6. The predicted molar refractivity (Wildman–Crippen MR) is 155 cm³/mol. The van der Waals surface area contributed by atoms with Crippen LogP contribution in [0.5, 0.6) is 0 Å². The molecule has 0 saturated heterocycles. The Morgan fingerprint density at radius 3 is 2.54 bits per heavy atom. The van der Waals surface area contributed by atoms with Crippen molar-refractivity contribution in [3.8, 4) is 6.07 Å². The lowest BCUT2D eigenvalue weighted by Gasteiger charge is -2.28. The van der Waals surface area contributed by atoms with E-state index in [1.807, 2.05) is 42.5 Å². The molecular formula is C30H23ClN4O3S. The van der Waals surface area contributed by atoms with E-state index < -0.39 is 5.92 Å². The zero-order chi connectivity index (χ0) is 27.4. The number of rotatable bonds is 7. The molecule has 3 N–H and O–H groups in total. The maximum absolute atomic E-state index is 13.4. The van der Waals surface area contributed by atoms with Crippen LogP contribution in [-0.4, -0.2) is 17.6 Å². The lowest BCUT2D eigenvalue weighted by atomic mass is 9.85. The summed E-state index contributed by atoms with van der Waals surface area (Å²) in [6.45, 7) is 1.76. The number of fused-ring (bicyclic) bond motifs is 1. The number of anilines is 2. The molecule has 3 aromatic carbocycles. The van der Waals surface area contributed by atoms with Crippen molar-refractivity contribution < 1.29 is 14.0 Å². The fraction of sp³-hybridized carbons (Fsp3) is 0.100. The van der Waals surface area contributed by atoms with Crippen molar-refractivity contribution in [1.29, 1.82) is 5.26 Å². The van der Waals surface area contributed by atoms with Gasteiger partial charge in [-0.1, -0.05) is 59.8 Å². The van der Waals surface area contributed by atoms with E-state index in [4.69, 9.17) is 16.0 Å². The molecule has 0 fully saturated rings. The smallest absolute Gasteiger partial charge is 0.254 e. The van der Waals surface area contributed by atoms with Crippen LogP contribution in [0.1, 0.15) is 18.6 Å². The Morgan fingerprint density at radius 2 is 1.79 bits per heavy atom. The largest absolute Gasteiger partial charge is 0.468 e. The Kier molecular flexibility index (Phi) is 7.73. The Balaban J connectivity index is 1.38. The van der Waals surface area contributed by atoms with E-state index in [-0.39, 0.29) is 17.6 Å². The number of amides is 2. The number of dihydropyridines is 1. The van der Waals surface area contributed by atoms with Crippen LogP contribution in [0, 0.1) is 11.3 Å². The molecule has 39 heavy (non-hydrogen) atoms. The molecule has 0 radical (unpaired) electrons. The molecule has 7 nitrogen and oxygen atoms in total. The number of allylic oxidation sites excluding steroid dienone is 2. The average Bonchev–Trinajstić information content (AvgIpc) is 3.48. The zero-order valence-corrected chi connectivity index (χ0v) is 22.4. The number of furan rings is 1. The Morgan fingerprint density at radius 1 is 1.03 bits per heavy atom. The van der Waals surface area contributed by atoms with Crippen molar-refractivity contribution in [2.45, 2.75) is 12.8 Å². The first-order chi connectivity index (χ1) is 18.9. The van der Waals surface area contributed by atoms with Crippen LogP contribution >= 0.6 is 23.4 Å². The zero-order valence-electron chi connectivity index (χ0n) is 20.8. The number of nitrogens with one attached hydrogen (secondary N) is 3. The Bertz CT molecular complexity index is 1650. The summed E-state index contributed by atoms with van der Waals surface area (Å²) in [5, 5.41) is 22.2. The minimum Gasteiger partial charge on any atom is -0.468 e. The first-order valence-corrected chi connectivity index (χ1v) is 13.4. The van der Waals surface area contributed by atoms with Gasteiger partial charge in [0, 0.05) is 27.5 Å². The van der Waals surface area contributed by atoms with Gasteiger partial charge in [0.05, 0.1) is 40.2 Å². The van der Waals surface area contributed by atoms with Crippen molar-refractivity contribution >= 4 is 57.3 Å². The fourth-order valence-electron chi connectivity index (χ4n) is 4.46. The lowest BCUT2D eigenvalue weighted by Crippen LogP contribution is -2.31. The molecule has 2 heterocycles. The van der Waals surface area contributed by atoms with Crippen molar-refractivity contribution in [3.05, 3.63) is 118 Å². The number of nitriles is 1. The highest BCUT2D eigenvalue weighted by atomic mass is 35.5. The standard InChI is InChI=1S/C30H23ClN4O3S/c1-18-27(29(37)34-21-13-11-20(31)12-14-21)28(25-10-5-15-38-25)23(16-32)30(33-18)39-17-26(36)35-24-9-4-7-19-6-2-3-8-22(19)24/h2-15,28,33H,17H2,1H3,(H,34,37)(H,35,36)/t28-/m0/s1. The summed E-state index contributed by atoms with van der Waals surface area (Å²) < 4.78 is 5.66. The number of carbonyl (C=O) groups is 2. The summed E-state index contributed by atoms with van der Waals surface area (Å²) in [5.74, 6) is -0.838. The van der Waals surface area contributed by atoms with E-state index in [1.54, 1.807) is 43.3 Å². The molecule has 9 heteroatoms. The number of thioether (sulfide) groups is 1. The highest BCUT2D eigenvalue weighted by Gasteiger charge is 2.36. The molecule has 1 aliphatic rings. The number of benzene rings is 3. The average molecular weight is 555 g/mol. The molecule has 5 rings (SSSR count). The van der Waals surface area contributed by atoms with Gasteiger partial charge >= 0.3 is 0 Å². The van der Waals surface area contributed by atoms with Crippen LogP contribution in [0.25, 0.3) is 10.8 Å². The van der Waals surface area contributed by atoms with Crippen molar-refractivity contribution in [1.82, 2.24) is 5.32 Å². The second-order valence-corrected chi connectivity index (χ2v) is 10.2. The SMILES string of the molecule is CC1=C(C(=O)Nc2ccc(Cl)cc2)[C@H](c2ccco2)C(C#N)=C(SCC(=O)Nc2cccc3ccccc23)N1. The third-order valence-corrected chi connectivity index (χ3v) is 7.50. The monoisotopic (exact) mass is 554 g/mol. The van der Waals surface area contributed by atoms with Gasteiger partial charge in [-0.2, -0.15) is 5.26 Å². The van der Waals surface area contributed by atoms with Gasteiger partial charge in [-0.05, 0) is 54.8 Å².